The Kier molecular flexibility index (Phi) is 6.41. The third-order valence-electron chi connectivity index (χ3n) is 5.25. The number of fused-ring (bicyclic) bond motifs is 1. The molecule has 2 N–H and O–H groups in total. The summed E-state index contributed by atoms with van der Waals surface area (Å²) in [6.45, 7) is -0.0174. The number of halogens is 1. The zero-order valence-electron chi connectivity index (χ0n) is 17.3. The van der Waals surface area contributed by atoms with Crippen LogP contribution < -0.4 is 10.3 Å². The average Bonchev–Trinajstić information content (AvgIpc) is 2.82. The molecule has 0 fully saturated rings. The standard InChI is InChI=1S/C24H20FN3O5/c25-16-7-11-18(12-8-16)33-17-9-5-15(6-10-17)22(29)20(24(31)32)13-14-28-23(30)19-3-1-2-4-21(19)26-27-28/h1-12,20,22,29H,13-14H2,(H,31,32)/t20-,22+/m0/s1. The molecule has 0 saturated carbocycles. The molecule has 168 valence electrons. The Bertz CT molecular complexity index is 1320. The molecule has 1 heterocycles. The van der Waals surface area contributed by atoms with Crippen LogP contribution in [0.3, 0.4) is 0 Å². The third kappa shape index (κ3) is 5.04. The van der Waals surface area contributed by atoms with Gasteiger partial charge in [-0.1, -0.05) is 29.5 Å². The second-order valence-electron chi connectivity index (χ2n) is 7.44. The zero-order valence-corrected chi connectivity index (χ0v) is 17.3. The van der Waals surface area contributed by atoms with Crippen LogP contribution in [0.2, 0.25) is 0 Å². The Morgan fingerprint density at radius 1 is 1.00 bits per heavy atom. The third-order valence-corrected chi connectivity index (χ3v) is 5.25. The lowest BCUT2D eigenvalue weighted by atomic mass is 9.93. The van der Waals surface area contributed by atoms with Crippen LogP contribution in [0.1, 0.15) is 18.1 Å². The first-order valence-electron chi connectivity index (χ1n) is 10.2. The summed E-state index contributed by atoms with van der Waals surface area (Å²) in [6, 6.07) is 18.5. The zero-order chi connectivity index (χ0) is 23.4. The second-order valence-corrected chi connectivity index (χ2v) is 7.44. The van der Waals surface area contributed by atoms with Crippen LogP contribution in [-0.2, 0) is 11.3 Å². The predicted octanol–water partition coefficient (Wildman–Crippen LogP) is 3.55. The summed E-state index contributed by atoms with van der Waals surface area (Å²) in [5.74, 6) is -1.86. The molecule has 4 aromatic rings. The molecule has 4 rings (SSSR count). The van der Waals surface area contributed by atoms with Gasteiger partial charge in [0, 0.05) is 6.54 Å². The van der Waals surface area contributed by atoms with Gasteiger partial charge in [0.05, 0.1) is 17.4 Å². The number of benzene rings is 3. The second kappa shape index (κ2) is 9.58. The fraction of sp³-hybridized carbons (Fsp3) is 0.167. The van der Waals surface area contributed by atoms with E-state index in [1.54, 1.807) is 48.5 Å². The number of aliphatic hydroxyl groups excluding tert-OH is 1. The molecule has 0 unspecified atom stereocenters. The molecule has 0 aliphatic rings. The van der Waals surface area contributed by atoms with Crippen molar-refractivity contribution in [1.82, 2.24) is 15.0 Å². The summed E-state index contributed by atoms with van der Waals surface area (Å²) in [5.41, 5.74) is 0.462. The maximum absolute atomic E-state index is 13.0. The van der Waals surface area contributed by atoms with Crippen LogP contribution in [-0.4, -0.2) is 31.2 Å². The van der Waals surface area contributed by atoms with Gasteiger partial charge in [-0.25, -0.2) is 9.07 Å². The summed E-state index contributed by atoms with van der Waals surface area (Å²) < 4.78 is 19.7. The van der Waals surface area contributed by atoms with Crippen LogP contribution in [0.5, 0.6) is 11.5 Å². The predicted molar refractivity (Wildman–Crippen MR) is 117 cm³/mol. The summed E-state index contributed by atoms with van der Waals surface area (Å²) >= 11 is 0. The molecule has 33 heavy (non-hydrogen) atoms. The van der Waals surface area contributed by atoms with Crippen LogP contribution in [0, 0.1) is 11.7 Å². The Morgan fingerprint density at radius 3 is 2.30 bits per heavy atom. The number of aromatic nitrogens is 3. The smallest absolute Gasteiger partial charge is 0.309 e. The number of aliphatic hydroxyl groups is 1. The number of rotatable bonds is 8. The van der Waals surface area contributed by atoms with Crippen molar-refractivity contribution < 1.29 is 24.1 Å². The largest absolute Gasteiger partial charge is 0.481 e. The van der Waals surface area contributed by atoms with Crippen molar-refractivity contribution >= 4 is 16.9 Å². The van der Waals surface area contributed by atoms with Gasteiger partial charge >= 0.3 is 5.97 Å². The fourth-order valence-corrected chi connectivity index (χ4v) is 3.45. The van der Waals surface area contributed by atoms with Crippen molar-refractivity contribution in [2.45, 2.75) is 19.1 Å². The Labute approximate surface area is 187 Å². The molecule has 0 amide bonds. The van der Waals surface area contributed by atoms with Gasteiger partial charge in [0.2, 0.25) is 0 Å². The Balaban J connectivity index is 1.46. The van der Waals surface area contributed by atoms with Gasteiger partial charge in [-0.3, -0.25) is 9.59 Å². The Hall–Kier alpha value is -4.11. The molecule has 3 aromatic carbocycles. The van der Waals surface area contributed by atoms with Crippen molar-refractivity contribution in [2.75, 3.05) is 0 Å². The van der Waals surface area contributed by atoms with E-state index in [2.05, 4.69) is 10.3 Å². The highest BCUT2D eigenvalue weighted by Crippen LogP contribution is 2.28. The first kappa shape index (κ1) is 22.1. The van der Waals surface area contributed by atoms with E-state index in [0.29, 0.717) is 28.0 Å². The van der Waals surface area contributed by atoms with Crippen LogP contribution in [0.15, 0.2) is 77.6 Å². The minimum Gasteiger partial charge on any atom is -0.481 e. The van der Waals surface area contributed by atoms with Crippen molar-refractivity contribution in [3.8, 4) is 11.5 Å². The molecule has 1 aromatic heterocycles. The van der Waals surface area contributed by atoms with E-state index in [0.717, 1.165) is 4.68 Å². The fourth-order valence-electron chi connectivity index (χ4n) is 3.45. The van der Waals surface area contributed by atoms with Crippen molar-refractivity contribution in [3.63, 3.8) is 0 Å². The van der Waals surface area contributed by atoms with E-state index in [1.807, 2.05) is 0 Å². The quantitative estimate of drug-likeness (QED) is 0.423. The molecule has 0 saturated heterocycles. The first-order chi connectivity index (χ1) is 15.9. The van der Waals surface area contributed by atoms with Gasteiger partial charge in [0.1, 0.15) is 22.8 Å². The van der Waals surface area contributed by atoms with E-state index in [9.17, 15) is 24.2 Å². The highest BCUT2D eigenvalue weighted by Gasteiger charge is 2.28. The van der Waals surface area contributed by atoms with Gasteiger partial charge in [-0.15, -0.1) is 5.10 Å². The summed E-state index contributed by atoms with van der Waals surface area (Å²) in [6.07, 6.45) is -1.34. The van der Waals surface area contributed by atoms with Gasteiger partial charge in [-0.05, 0) is 60.5 Å². The molecule has 2 atom stereocenters. The van der Waals surface area contributed by atoms with E-state index < -0.39 is 18.0 Å². The number of carboxylic acid groups (broad SMARTS) is 1. The van der Waals surface area contributed by atoms with E-state index in [-0.39, 0.29) is 24.3 Å². The summed E-state index contributed by atoms with van der Waals surface area (Å²) in [5, 5.41) is 28.6. The molecule has 0 radical (unpaired) electrons. The topological polar surface area (TPSA) is 115 Å². The lowest BCUT2D eigenvalue weighted by molar-refractivity contribution is -0.146. The van der Waals surface area contributed by atoms with Crippen LogP contribution >= 0.6 is 0 Å². The van der Waals surface area contributed by atoms with Crippen molar-refractivity contribution in [3.05, 3.63) is 94.5 Å². The molecule has 9 heteroatoms. The number of aliphatic carboxylic acids is 1. The highest BCUT2D eigenvalue weighted by atomic mass is 19.1. The maximum atomic E-state index is 13.0. The van der Waals surface area contributed by atoms with E-state index in [1.165, 1.54) is 24.3 Å². The lowest BCUT2D eigenvalue weighted by Crippen LogP contribution is -2.29. The molecule has 8 nitrogen and oxygen atoms in total. The molecular weight excluding hydrogens is 429 g/mol. The molecule has 0 spiro atoms. The van der Waals surface area contributed by atoms with Crippen molar-refractivity contribution in [2.24, 2.45) is 5.92 Å². The number of ether oxygens (including phenoxy) is 1. The highest BCUT2D eigenvalue weighted by molar-refractivity contribution is 5.76. The summed E-state index contributed by atoms with van der Waals surface area (Å²) in [7, 11) is 0. The molecular formula is C24H20FN3O5. The Morgan fingerprint density at radius 2 is 1.64 bits per heavy atom. The lowest BCUT2D eigenvalue weighted by Gasteiger charge is -2.20. The molecule has 0 bridgehead atoms. The van der Waals surface area contributed by atoms with Gasteiger partial charge < -0.3 is 14.9 Å². The summed E-state index contributed by atoms with van der Waals surface area (Å²) in [4.78, 5) is 24.4. The minimum absolute atomic E-state index is 0.0174. The average molecular weight is 449 g/mol. The van der Waals surface area contributed by atoms with Crippen LogP contribution in [0.25, 0.3) is 10.9 Å². The molecule has 0 aliphatic carbocycles. The molecule has 0 aliphatic heterocycles. The first-order valence-corrected chi connectivity index (χ1v) is 10.2. The number of aryl methyl sites for hydroxylation is 1. The van der Waals surface area contributed by atoms with Gasteiger partial charge in [0.15, 0.2) is 0 Å². The number of hydrogen-bond donors (Lipinski definition) is 2. The van der Waals surface area contributed by atoms with E-state index >= 15 is 0 Å². The number of carbonyl (C=O) groups is 1. The maximum Gasteiger partial charge on any atom is 0.309 e. The number of hydrogen-bond acceptors (Lipinski definition) is 6. The van der Waals surface area contributed by atoms with Crippen LogP contribution in [0.4, 0.5) is 4.39 Å². The monoisotopic (exact) mass is 449 g/mol. The van der Waals surface area contributed by atoms with Gasteiger partial charge in [0.25, 0.3) is 5.56 Å². The van der Waals surface area contributed by atoms with E-state index in [4.69, 9.17) is 4.74 Å². The number of carboxylic acids is 1. The SMILES string of the molecule is O=C(O)[C@@H](CCn1nnc2ccccc2c1=O)[C@H](O)c1ccc(Oc2ccc(F)cc2)cc1. The minimum atomic E-state index is -1.31. The normalized spacial score (nSPS) is 12.9. The van der Waals surface area contributed by atoms with Crippen molar-refractivity contribution in [1.29, 1.82) is 0 Å². The number of nitrogens with zero attached hydrogens (tertiary/aromatic N) is 3. The van der Waals surface area contributed by atoms with Gasteiger partial charge in [-0.2, -0.15) is 0 Å².